The van der Waals surface area contributed by atoms with Gasteiger partial charge in [-0.05, 0) is 36.3 Å². The van der Waals surface area contributed by atoms with Crippen molar-refractivity contribution in [2.24, 2.45) is 33.8 Å². The third kappa shape index (κ3) is 1.95. The number of nitrogens with one attached hydrogen (secondary N) is 1. The molecule has 0 saturated heterocycles. The van der Waals surface area contributed by atoms with Gasteiger partial charge in [0.15, 0.2) is 0 Å². The Hall–Kier alpha value is -2.41. The predicted octanol–water partition coefficient (Wildman–Crippen LogP) is 2.57. The topological polar surface area (TPSA) is 130 Å². The van der Waals surface area contributed by atoms with E-state index < -0.39 is 51.5 Å². The highest BCUT2D eigenvalue weighted by Crippen LogP contribution is 2.84. The first-order chi connectivity index (χ1) is 13.0. The molecule has 3 rings (SSSR count). The molecule has 2 saturated carbocycles. The Balaban J connectivity index is 2.22. The summed E-state index contributed by atoms with van der Waals surface area (Å²) in [5.41, 5.74) is 1.61. The van der Waals surface area contributed by atoms with Crippen molar-refractivity contribution in [1.29, 1.82) is 0 Å². The molecule has 0 spiro atoms. The van der Waals surface area contributed by atoms with Gasteiger partial charge in [-0.25, -0.2) is 0 Å². The second-order valence-corrected chi connectivity index (χ2v) is 8.54. The first-order valence-corrected chi connectivity index (χ1v) is 9.62. The van der Waals surface area contributed by atoms with Crippen molar-refractivity contribution >= 4 is 23.5 Å². The van der Waals surface area contributed by atoms with Gasteiger partial charge in [0.05, 0.1) is 11.3 Å². The van der Waals surface area contributed by atoms with Crippen LogP contribution in [-0.2, 0) is 14.4 Å². The van der Waals surface area contributed by atoms with Crippen molar-refractivity contribution in [2.45, 2.75) is 46.1 Å². The van der Waals surface area contributed by atoms with Crippen molar-refractivity contribution in [1.82, 2.24) is 0 Å². The van der Waals surface area contributed by atoms with Crippen molar-refractivity contribution < 1.29 is 24.6 Å². The van der Waals surface area contributed by atoms with Gasteiger partial charge in [0.25, 0.3) is 0 Å². The Bertz CT molecular complexity index is 842. The molecule has 6 unspecified atom stereocenters. The molecule has 0 heterocycles. The minimum Gasteiger partial charge on any atom is -0.481 e. The van der Waals surface area contributed by atoms with E-state index in [1.54, 1.807) is 38.1 Å². The third-order valence-corrected chi connectivity index (χ3v) is 7.99. The second-order valence-electron chi connectivity index (χ2n) is 8.54. The van der Waals surface area contributed by atoms with Gasteiger partial charge >= 0.3 is 11.9 Å². The maximum Gasteiger partial charge on any atom is 0.325 e. The van der Waals surface area contributed by atoms with Gasteiger partial charge < -0.3 is 21.3 Å². The largest absolute Gasteiger partial charge is 0.481 e. The van der Waals surface area contributed by atoms with Crippen LogP contribution in [0.25, 0.3) is 0 Å². The number of anilines is 1. The Morgan fingerprint density at radius 2 is 1.64 bits per heavy atom. The van der Waals surface area contributed by atoms with Crippen LogP contribution in [0.1, 0.15) is 40.5 Å². The minimum absolute atomic E-state index is 0.192. The molecule has 1 aromatic rings. The zero-order valence-corrected chi connectivity index (χ0v) is 16.7. The van der Waals surface area contributed by atoms with E-state index in [1.807, 2.05) is 19.9 Å². The maximum atomic E-state index is 13.6. The summed E-state index contributed by atoms with van der Waals surface area (Å²) < 4.78 is 0. The molecular formula is C21H28N2O5. The Morgan fingerprint density at radius 3 is 2.07 bits per heavy atom. The third-order valence-electron chi connectivity index (χ3n) is 7.99. The Labute approximate surface area is 164 Å². The number of amides is 1. The molecule has 2 aliphatic carbocycles. The number of para-hydroxylation sites is 1. The summed E-state index contributed by atoms with van der Waals surface area (Å²) in [4.78, 5) is 38.1. The van der Waals surface area contributed by atoms with Gasteiger partial charge in [0, 0.05) is 11.1 Å². The molecule has 7 heteroatoms. The lowest BCUT2D eigenvalue weighted by Crippen LogP contribution is -2.71. The van der Waals surface area contributed by atoms with Crippen LogP contribution in [-0.4, -0.2) is 33.6 Å². The fraction of sp³-hybridized carbons (Fsp3) is 0.571. The van der Waals surface area contributed by atoms with Crippen LogP contribution in [0, 0.1) is 28.1 Å². The summed E-state index contributed by atoms with van der Waals surface area (Å²) >= 11 is 0. The molecule has 2 fully saturated rings. The van der Waals surface area contributed by atoms with E-state index in [0.717, 1.165) is 0 Å². The maximum absolute atomic E-state index is 13.6. The highest BCUT2D eigenvalue weighted by atomic mass is 16.4. The number of benzene rings is 1. The highest BCUT2D eigenvalue weighted by molar-refractivity contribution is 6.04. The van der Waals surface area contributed by atoms with E-state index in [9.17, 15) is 24.6 Å². The Kier molecular flexibility index (Phi) is 4.39. The van der Waals surface area contributed by atoms with Crippen molar-refractivity contribution in [3.8, 4) is 0 Å². The van der Waals surface area contributed by atoms with Gasteiger partial charge in [0.2, 0.25) is 5.91 Å². The van der Waals surface area contributed by atoms with Crippen molar-refractivity contribution in [2.75, 3.05) is 5.32 Å². The minimum atomic E-state index is -2.01. The first kappa shape index (κ1) is 20.3. The van der Waals surface area contributed by atoms with E-state index in [0.29, 0.717) is 12.1 Å². The molecule has 0 aromatic heterocycles. The number of hydrogen-bond acceptors (Lipinski definition) is 4. The zero-order chi connectivity index (χ0) is 21.1. The molecule has 0 radical (unpaired) electrons. The summed E-state index contributed by atoms with van der Waals surface area (Å²) in [6.07, 6.45) is 0.635. The van der Waals surface area contributed by atoms with Gasteiger partial charge in [-0.3, -0.25) is 14.4 Å². The molecule has 7 nitrogen and oxygen atoms in total. The number of carbonyl (C=O) groups is 3. The van der Waals surface area contributed by atoms with Gasteiger partial charge in [-0.2, -0.15) is 0 Å². The van der Waals surface area contributed by atoms with Crippen LogP contribution in [0.3, 0.4) is 0 Å². The number of carbonyl (C=O) groups excluding carboxylic acids is 1. The van der Waals surface area contributed by atoms with E-state index in [1.165, 1.54) is 0 Å². The average Bonchev–Trinajstić information content (AvgIpc) is 3.27. The summed E-state index contributed by atoms with van der Waals surface area (Å²) in [5.74, 6) is -4.23. The molecular weight excluding hydrogens is 360 g/mol. The number of hydrogen-bond donors (Lipinski definition) is 4. The molecule has 1 amide bonds. The molecule has 0 bridgehead atoms. The van der Waals surface area contributed by atoms with Crippen LogP contribution in [0.4, 0.5) is 5.69 Å². The molecule has 5 N–H and O–H groups in total. The fourth-order valence-electron chi connectivity index (χ4n) is 6.58. The van der Waals surface area contributed by atoms with Gasteiger partial charge in [0.1, 0.15) is 5.54 Å². The van der Waals surface area contributed by atoms with Crippen molar-refractivity contribution in [3.05, 3.63) is 30.3 Å². The summed E-state index contributed by atoms with van der Waals surface area (Å²) in [6, 6.07) is 8.80. The van der Waals surface area contributed by atoms with Gasteiger partial charge in [-0.15, -0.1) is 0 Å². The number of carboxylic acid groups (broad SMARTS) is 2. The molecule has 2 aliphatic rings. The Morgan fingerprint density at radius 1 is 1.07 bits per heavy atom. The molecule has 152 valence electrons. The van der Waals surface area contributed by atoms with E-state index >= 15 is 0 Å². The monoisotopic (exact) mass is 388 g/mol. The lowest BCUT2D eigenvalue weighted by molar-refractivity contribution is -0.166. The summed E-state index contributed by atoms with van der Waals surface area (Å²) in [6.45, 7) is 7.06. The number of fused-ring (bicyclic) bond motifs is 1. The zero-order valence-electron chi connectivity index (χ0n) is 16.7. The van der Waals surface area contributed by atoms with Crippen molar-refractivity contribution in [3.63, 3.8) is 0 Å². The lowest BCUT2D eigenvalue weighted by atomic mass is 9.52. The van der Waals surface area contributed by atoms with E-state index in [4.69, 9.17) is 5.73 Å². The molecule has 0 aliphatic heterocycles. The standard InChI is InChI=1S/C21H28N2O5/c1-5-18(3)14-13(15(24)25)19(14,4)21(22,17(27)28)20(18,6-2)16(26)23-12-10-8-7-9-11-12/h7-11,13-14H,5-6,22H2,1-4H3,(H,23,26)(H,24,25)(H,27,28). The SMILES string of the molecule is CCC1(C)C2C(C(=O)O)C2(C)C(N)(C(=O)O)C1(CC)C(=O)Nc1ccccc1. The predicted molar refractivity (Wildman–Crippen MR) is 103 cm³/mol. The molecule has 28 heavy (non-hydrogen) atoms. The number of carboxylic acids is 2. The van der Waals surface area contributed by atoms with Crippen LogP contribution >= 0.6 is 0 Å². The molecule has 1 aromatic carbocycles. The van der Waals surface area contributed by atoms with Crippen LogP contribution in [0.2, 0.25) is 0 Å². The van der Waals surface area contributed by atoms with Crippen LogP contribution in [0.5, 0.6) is 0 Å². The smallest absolute Gasteiger partial charge is 0.325 e. The van der Waals surface area contributed by atoms with Crippen LogP contribution in [0.15, 0.2) is 30.3 Å². The normalized spacial score (nSPS) is 41.2. The lowest BCUT2D eigenvalue weighted by Gasteiger charge is -2.52. The molecule has 6 atom stereocenters. The van der Waals surface area contributed by atoms with E-state index in [2.05, 4.69) is 5.32 Å². The van der Waals surface area contributed by atoms with Gasteiger partial charge in [-0.1, -0.05) is 45.9 Å². The number of nitrogens with two attached hydrogens (primary N) is 1. The fourth-order valence-corrected chi connectivity index (χ4v) is 6.58. The number of aliphatic carboxylic acids is 2. The first-order valence-electron chi connectivity index (χ1n) is 9.62. The van der Waals surface area contributed by atoms with Crippen LogP contribution < -0.4 is 11.1 Å². The second kappa shape index (κ2) is 6.04. The number of rotatable bonds is 6. The average molecular weight is 388 g/mol. The highest BCUT2D eigenvalue weighted by Gasteiger charge is 2.93. The summed E-state index contributed by atoms with van der Waals surface area (Å²) in [5, 5.41) is 22.8. The quantitative estimate of drug-likeness (QED) is 0.593. The summed E-state index contributed by atoms with van der Waals surface area (Å²) in [7, 11) is 0. The van der Waals surface area contributed by atoms with E-state index in [-0.39, 0.29) is 6.42 Å².